The standard InChI is InChI=1S/C14H15FN2S/c15-11-5-3-4-10(8-11)14(6-1-2-7-14)12-9-18-13(16)17-12/h3-5,8-9H,1-2,6-7H2,(H2,16,17). The normalized spacial score (nSPS) is 18.1. The molecule has 0 saturated heterocycles. The second kappa shape index (κ2) is 4.35. The fourth-order valence-corrected chi connectivity index (χ4v) is 3.63. The molecule has 1 fully saturated rings. The number of aromatic nitrogens is 1. The van der Waals surface area contributed by atoms with Gasteiger partial charge in [0.2, 0.25) is 0 Å². The molecular formula is C14H15FN2S. The Bertz CT molecular complexity index is 558. The molecule has 0 unspecified atom stereocenters. The molecule has 2 N–H and O–H groups in total. The Labute approximate surface area is 110 Å². The van der Waals surface area contributed by atoms with Gasteiger partial charge in [-0.1, -0.05) is 25.0 Å². The zero-order chi connectivity index (χ0) is 12.6. The molecule has 2 nitrogen and oxygen atoms in total. The molecule has 1 saturated carbocycles. The molecule has 0 bridgehead atoms. The van der Waals surface area contributed by atoms with Crippen LogP contribution in [0.4, 0.5) is 9.52 Å². The maximum Gasteiger partial charge on any atom is 0.180 e. The third-order valence-electron chi connectivity index (χ3n) is 3.85. The first-order valence-corrected chi connectivity index (χ1v) is 7.06. The highest BCUT2D eigenvalue weighted by molar-refractivity contribution is 7.13. The Morgan fingerprint density at radius 2 is 2.06 bits per heavy atom. The number of rotatable bonds is 2. The van der Waals surface area contributed by atoms with Crippen molar-refractivity contribution in [2.45, 2.75) is 31.1 Å². The Hall–Kier alpha value is -1.42. The molecule has 1 aromatic carbocycles. The molecule has 1 heterocycles. The van der Waals surface area contributed by atoms with E-state index in [1.54, 1.807) is 12.1 Å². The summed E-state index contributed by atoms with van der Waals surface area (Å²) in [5.74, 6) is -0.179. The molecule has 94 valence electrons. The fourth-order valence-electron chi connectivity index (χ4n) is 2.96. The van der Waals surface area contributed by atoms with Crippen LogP contribution in [0.5, 0.6) is 0 Å². The molecule has 1 aliphatic carbocycles. The largest absolute Gasteiger partial charge is 0.375 e. The highest BCUT2D eigenvalue weighted by atomic mass is 32.1. The van der Waals surface area contributed by atoms with Crippen molar-refractivity contribution in [3.63, 3.8) is 0 Å². The monoisotopic (exact) mass is 262 g/mol. The Balaban J connectivity index is 2.12. The lowest BCUT2D eigenvalue weighted by molar-refractivity contribution is 0.515. The summed E-state index contributed by atoms with van der Waals surface area (Å²) < 4.78 is 13.5. The summed E-state index contributed by atoms with van der Waals surface area (Å²) in [4.78, 5) is 4.44. The molecular weight excluding hydrogens is 247 g/mol. The quantitative estimate of drug-likeness (QED) is 0.895. The lowest BCUT2D eigenvalue weighted by atomic mass is 9.76. The number of halogens is 1. The van der Waals surface area contributed by atoms with Crippen molar-refractivity contribution in [3.05, 3.63) is 46.7 Å². The zero-order valence-corrected chi connectivity index (χ0v) is 10.8. The van der Waals surface area contributed by atoms with Gasteiger partial charge in [-0.15, -0.1) is 11.3 Å². The number of anilines is 1. The van der Waals surface area contributed by atoms with Crippen LogP contribution in [0.25, 0.3) is 0 Å². The maximum atomic E-state index is 13.5. The number of benzene rings is 1. The summed E-state index contributed by atoms with van der Waals surface area (Å²) in [7, 11) is 0. The molecule has 0 amide bonds. The van der Waals surface area contributed by atoms with E-state index in [4.69, 9.17) is 5.73 Å². The molecule has 3 rings (SSSR count). The number of thiazole rings is 1. The highest BCUT2D eigenvalue weighted by Crippen LogP contribution is 2.46. The summed E-state index contributed by atoms with van der Waals surface area (Å²) in [6, 6.07) is 6.91. The van der Waals surface area contributed by atoms with E-state index in [1.807, 2.05) is 11.4 Å². The van der Waals surface area contributed by atoms with Gasteiger partial charge in [-0.25, -0.2) is 9.37 Å². The molecule has 0 atom stereocenters. The highest BCUT2D eigenvalue weighted by Gasteiger charge is 2.39. The molecule has 0 aliphatic heterocycles. The van der Waals surface area contributed by atoms with Crippen molar-refractivity contribution in [3.8, 4) is 0 Å². The van der Waals surface area contributed by atoms with Gasteiger partial charge in [0.15, 0.2) is 5.13 Å². The van der Waals surface area contributed by atoms with Crippen LogP contribution in [-0.4, -0.2) is 4.98 Å². The van der Waals surface area contributed by atoms with E-state index in [2.05, 4.69) is 4.98 Å². The lowest BCUT2D eigenvalue weighted by Gasteiger charge is -2.27. The van der Waals surface area contributed by atoms with E-state index in [9.17, 15) is 4.39 Å². The second-order valence-electron chi connectivity index (χ2n) is 4.87. The average molecular weight is 262 g/mol. The summed E-state index contributed by atoms with van der Waals surface area (Å²) in [5.41, 5.74) is 7.66. The molecule has 0 spiro atoms. The predicted molar refractivity (Wildman–Crippen MR) is 72.2 cm³/mol. The van der Waals surface area contributed by atoms with E-state index in [0.717, 1.165) is 36.9 Å². The van der Waals surface area contributed by atoms with Crippen LogP contribution in [0.1, 0.15) is 36.9 Å². The topological polar surface area (TPSA) is 38.9 Å². The van der Waals surface area contributed by atoms with E-state index < -0.39 is 0 Å². The van der Waals surface area contributed by atoms with Crippen molar-refractivity contribution in [1.29, 1.82) is 0 Å². The molecule has 0 radical (unpaired) electrons. The third-order valence-corrected chi connectivity index (χ3v) is 4.52. The van der Waals surface area contributed by atoms with Crippen LogP contribution < -0.4 is 5.73 Å². The molecule has 2 aromatic rings. The SMILES string of the molecule is Nc1nc(C2(c3cccc(F)c3)CCCC2)cs1. The van der Waals surface area contributed by atoms with Crippen molar-refractivity contribution in [2.75, 3.05) is 5.73 Å². The number of hydrogen-bond acceptors (Lipinski definition) is 3. The van der Waals surface area contributed by atoms with Gasteiger partial charge in [0.05, 0.1) is 5.69 Å². The van der Waals surface area contributed by atoms with Gasteiger partial charge in [0, 0.05) is 10.8 Å². The molecule has 18 heavy (non-hydrogen) atoms. The van der Waals surface area contributed by atoms with Gasteiger partial charge < -0.3 is 5.73 Å². The van der Waals surface area contributed by atoms with Gasteiger partial charge in [0.25, 0.3) is 0 Å². The average Bonchev–Trinajstić information content (AvgIpc) is 2.98. The second-order valence-corrected chi connectivity index (χ2v) is 5.76. The van der Waals surface area contributed by atoms with Gasteiger partial charge in [-0.05, 0) is 30.5 Å². The first-order valence-electron chi connectivity index (χ1n) is 6.18. The van der Waals surface area contributed by atoms with Gasteiger partial charge in [-0.2, -0.15) is 0 Å². The number of nitrogen functional groups attached to an aromatic ring is 1. The number of nitrogens with zero attached hydrogens (tertiary/aromatic N) is 1. The van der Waals surface area contributed by atoms with Crippen LogP contribution in [0.2, 0.25) is 0 Å². The third kappa shape index (κ3) is 1.81. The van der Waals surface area contributed by atoms with Crippen LogP contribution in [0, 0.1) is 5.82 Å². The summed E-state index contributed by atoms with van der Waals surface area (Å²) >= 11 is 1.46. The van der Waals surface area contributed by atoms with Gasteiger partial charge in [0.1, 0.15) is 5.82 Å². The minimum absolute atomic E-state index is 0.129. The number of nitrogens with two attached hydrogens (primary N) is 1. The minimum atomic E-state index is -0.179. The van der Waals surface area contributed by atoms with E-state index in [-0.39, 0.29) is 11.2 Å². The van der Waals surface area contributed by atoms with Crippen molar-refractivity contribution >= 4 is 16.5 Å². The Kier molecular flexibility index (Phi) is 2.82. The molecule has 1 aliphatic rings. The van der Waals surface area contributed by atoms with Crippen molar-refractivity contribution in [2.24, 2.45) is 0 Å². The molecule has 1 aromatic heterocycles. The zero-order valence-electron chi connectivity index (χ0n) is 10.0. The summed E-state index contributed by atoms with van der Waals surface area (Å²) in [6.07, 6.45) is 4.38. The van der Waals surface area contributed by atoms with Gasteiger partial charge >= 0.3 is 0 Å². The van der Waals surface area contributed by atoms with Gasteiger partial charge in [-0.3, -0.25) is 0 Å². The molecule has 4 heteroatoms. The van der Waals surface area contributed by atoms with Crippen LogP contribution in [0.3, 0.4) is 0 Å². The van der Waals surface area contributed by atoms with E-state index in [0.29, 0.717) is 5.13 Å². The lowest BCUT2D eigenvalue weighted by Crippen LogP contribution is -2.24. The van der Waals surface area contributed by atoms with Crippen molar-refractivity contribution < 1.29 is 4.39 Å². The summed E-state index contributed by atoms with van der Waals surface area (Å²) in [5, 5.41) is 2.61. The summed E-state index contributed by atoms with van der Waals surface area (Å²) in [6.45, 7) is 0. The van der Waals surface area contributed by atoms with Crippen LogP contribution in [-0.2, 0) is 5.41 Å². The first kappa shape index (κ1) is 11.7. The van der Waals surface area contributed by atoms with E-state index >= 15 is 0 Å². The van der Waals surface area contributed by atoms with Crippen molar-refractivity contribution in [1.82, 2.24) is 4.98 Å². The Morgan fingerprint density at radius 1 is 1.28 bits per heavy atom. The number of hydrogen-bond donors (Lipinski definition) is 1. The first-order chi connectivity index (χ1) is 8.71. The Morgan fingerprint density at radius 3 is 2.67 bits per heavy atom. The van der Waals surface area contributed by atoms with E-state index in [1.165, 1.54) is 17.4 Å². The van der Waals surface area contributed by atoms with Crippen LogP contribution >= 0.6 is 11.3 Å². The minimum Gasteiger partial charge on any atom is -0.375 e. The fraction of sp³-hybridized carbons (Fsp3) is 0.357. The van der Waals surface area contributed by atoms with Crippen LogP contribution in [0.15, 0.2) is 29.6 Å². The predicted octanol–water partition coefficient (Wildman–Crippen LogP) is 3.72. The smallest absolute Gasteiger partial charge is 0.180 e. The maximum absolute atomic E-state index is 13.5.